The first kappa shape index (κ1) is 30.1. The number of benzene rings is 8. The number of thiophene rings is 1. The molecule has 0 radical (unpaired) electrons. The summed E-state index contributed by atoms with van der Waals surface area (Å²) in [6, 6.07) is 57.5. The fourth-order valence-corrected chi connectivity index (χ4v) is 10.1. The van der Waals surface area contributed by atoms with Gasteiger partial charge >= 0.3 is 0 Å². The minimum Gasteiger partial charge on any atom is -0.456 e. The summed E-state index contributed by atoms with van der Waals surface area (Å²) in [4.78, 5) is 10.7. The average Bonchev–Trinajstić information content (AvgIpc) is 4.01. The first-order valence-electron chi connectivity index (χ1n) is 18.7. The van der Waals surface area contributed by atoms with E-state index in [-0.39, 0.29) is 0 Å². The molecule has 0 spiro atoms. The molecule has 0 saturated heterocycles. The second-order valence-corrected chi connectivity index (χ2v) is 15.5. The van der Waals surface area contributed by atoms with Gasteiger partial charge in [-0.05, 0) is 70.4 Å². The Morgan fingerprint density at radius 3 is 2.05 bits per heavy atom. The molecule has 13 aromatic rings. The van der Waals surface area contributed by atoms with E-state index in [1.165, 1.54) is 10.1 Å². The van der Waals surface area contributed by atoms with Gasteiger partial charge in [-0.2, -0.15) is 0 Å². The second kappa shape index (κ2) is 11.1. The lowest BCUT2D eigenvalue weighted by molar-refractivity contribution is 0.669. The molecule has 0 unspecified atom stereocenters. The molecule has 6 heteroatoms. The van der Waals surface area contributed by atoms with Crippen molar-refractivity contribution in [3.63, 3.8) is 0 Å². The molecule has 0 aliphatic carbocycles. The van der Waals surface area contributed by atoms with E-state index in [1.807, 2.05) is 18.2 Å². The molecule has 8 aromatic carbocycles. The van der Waals surface area contributed by atoms with E-state index in [0.717, 1.165) is 109 Å². The molecule has 56 heavy (non-hydrogen) atoms. The molecule has 0 aliphatic rings. The molecule has 0 N–H and O–H groups in total. The summed E-state index contributed by atoms with van der Waals surface area (Å²) in [5.41, 5.74) is 10.6. The Morgan fingerprint density at radius 2 is 1.16 bits per heavy atom. The van der Waals surface area contributed by atoms with Crippen LogP contribution in [0.2, 0.25) is 0 Å². The van der Waals surface area contributed by atoms with Crippen LogP contribution in [0.1, 0.15) is 0 Å². The Kier molecular flexibility index (Phi) is 5.98. The van der Waals surface area contributed by atoms with E-state index in [9.17, 15) is 0 Å². The highest BCUT2D eigenvalue weighted by molar-refractivity contribution is 7.26. The molecule has 5 aromatic heterocycles. The van der Waals surface area contributed by atoms with Crippen molar-refractivity contribution in [3.8, 4) is 28.3 Å². The average molecular weight is 734 g/mol. The molecule has 0 bridgehead atoms. The molecular weight excluding hydrogens is 707 g/mol. The number of para-hydroxylation sites is 2. The Bertz CT molecular complexity index is 3770. The highest BCUT2D eigenvalue weighted by Crippen LogP contribution is 2.46. The van der Waals surface area contributed by atoms with Gasteiger partial charge in [0, 0.05) is 42.6 Å². The zero-order valence-electron chi connectivity index (χ0n) is 29.7. The molecule has 260 valence electrons. The summed E-state index contributed by atoms with van der Waals surface area (Å²) >= 11 is 1.75. The predicted octanol–water partition coefficient (Wildman–Crippen LogP) is 14.2. The molecule has 0 fully saturated rings. The number of nitrogens with zero attached hydrogens (tertiary/aromatic N) is 3. The standard InChI is InChI=1S/C50H27N3O2S/c1-2-12-28(13-3-1)46-49-47(35-18-8-11-21-43(35)56-49)52-50(51-46)53-38-19-9-6-17-34(38)45-39(53)25-24-36-44-33-16-5-4-14-30(33)37(27-42(44)55-48(36)45)29-22-23-32-31-15-7-10-20-40(31)54-41(32)26-29/h1-27H. The SMILES string of the molecule is c1ccc(-c2nc(-n3c4ccccc4c4c5oc6cc(-c7ccc8c(c7)oc7ccccc78)c7ccccc7c6c5ccc43)nc3c2sc2ccccc23)cc1. The maximum atomic E-state index is 7.06. The molecular formula is C50H27N3O2S. The van der Waals surface area contributed by atoms with E-state index in [4.69, 9.17) is 18.8 Å². The normalized spacial score (nSPS) is 12.3. The number of furan rings is 2. The van der Waals surface area contributed by atoms with Crippen molar-refractivity contribution in [2.45, 2.75) is 0 Å². The van der Waals surface area contributed by atoms with Gasteiger partial charge in [0.25, 0.3) is 0 Å². The van der Waals surface area contributed by atoms with Crippen molar-refractivity contribution in [1.29, 1.82) is 0 Å². The van der Waals surface area contributed by atoms with Gasteiger partial charge in [-0.25, -0.2) is 9.97 Å². The Morgan fingerprint density at radius 1 is 0.446 bits per heavy atom. The van der Waals surface area contributed by atoms with Crippen LogP contribution < -0.4 is 0 Å². The fraction of sp³-hybridized carbons (Fsp3) is 0. The third kappa shape index (κ3) is 4.08. The van der Waals surface area contributed by atoms with Crippen molar-refractivity contribution in [3.05, 3.63) is 164 Å². The monoisotopic (exact) mass is 733 g/mol. The fourth-order valence-electron chi connectivity index (χ4n) is 8.97. The van der Waals surface area contributed by atoms with Crippen molar-refractivity contribution < 1.29 is 8.83 Å². The lowest BCUT2D eigenvalue weighted by atomic mass is 9.94. The topological polar surface area (TPSA) is 57.0 Å². The quantitative estimate of drug-likeness (QED) is 0.181. The second-order valence-electron chi connectivity index (χ2n) is 14.5. The van der Waals surface area contributed by atoms with Gasteiger partial charge in [-0.3, -0.25) is 4.57 Å². The summed E-state index contributed by atoms with van der Waals surface area (Å²) in [7, 11) is 0. The van der Waals surface area contributed by atoms with Crippen molar-refractivity contribution >= 4 is 108 Å². The Balaban J connectivity index is 1.10. The van der Waals surface area contributed by atoms with Crippen molar-refractivity contribution in [1.82, 2.24) is 14.5 Å². The Labute approximate surface area is 322 Å². The van der Waals surface area contributed by atoms with E-state index in [1.54, 1.807) is 11.3 Å². The number of hydrogen-bond donors (Lipinski definition) is 0. The van der Waals surface area contributed by atoms with Gasteiger partial charge in [0.1, 0.15) is 22.3 Å². The van der Waals surface area contributed by atoms with Gasteiger partial charge in [-0.15, -0.1) is 11.3 Å². The Hall–Kier alpha value is -7.28. The molecule has 0 atom stereocenters. The molecule has 13 rings (SSSR count). The first-order valence-corrected chi connectivity index (χ1v) is 19.6. The third-order valence-electron chi connectivity index (χ3n) is 11.4. The van der Waals surface area contributed by atoms with Crippen LogP contribution in [0.5, 0.6) is 0 Å². The zero-order chi connectivity index (χ0) is 36.5. The largest absolute Gasteiger partial charge is 0.456 e. The molecule has 0 saturated carbocycles. The molecule has 5 nitrogen and oxygen atoms in total. The van der Waals surface area contributed by atoms with E-state index < -0.39 is 0 Å². The smallest absolute Gasteiger partial charge is 0.235 e. The number of fused-ring (bicyclic) bond motifs is 15. The predicted molar refractivity (Wildman–Crippen MR) is 232 cm³/mol. The third-order valence-corrected chi connectivity index (χ3v) is 12.6. The van der Waals surface area contributed by atoms with Crippen molar-refractivity contribution in [2.75, 3.05) is 0 Å². The van der Waals surface area contributed by atoms with Crippen LogP contribution in [-0.4, -0.2) is 14.5 Å². The lowest BCUT2D eigenvalue weighted by Crippen LogP contribution is -2.02. The highest BCUT2D eigenvalue weighted by atomic mass is 32.1. The van der Waals surface area contributed by atoms with Gasteiger partial charge < -0.3 is 8.83 Å². The summed E-state index contributed by atoms with van der Waals surface area (Å²) in [5, 5.41) is 10.0. The van der Waals surface area contributed by atoms with E-state index in [0.29, 0.717) is 5.95 Å². The van der Waals surface area contributed by atoms with Crippen LogP contribution in [0, 0.1) is 0 Å². The van der Waals surface area contributed by atoms with Gasteiger partial charge in [0.15, 0.2) is 0 Å². The number of rotatable bonds is 3. The highest BCUT2D eigenvalue weighted by Gasteiger charge is 2.24. The molecule has 5 heterocycles. The number of hydrogen-bond acceptors (Lipinski definition) is 5. The minimum absolute atomic E-state index is 0.635. The lowest BCUT2D eigenvalue weighted by Gasteiger charge is -2.10. The zero-order valence-corrected chi connectivity index (χ0v) is 30.5. The molecule has 0 aliphatic heterocycles. The summed E-state index contributed by atoms with van der Waals surface area (Å²) in [5.74, 6) is 0.635. The van der Waals surface area contributed by atoms with Crippen LogP contribution in [-0.2, 0) is 0 Å². The van der Waals surface area contributed by atoms with Gasteiger partial charge in [-0.1, -0.05) is 115 Å². The summed E-state index contributed by atoms with van der Waals surface area (Å²) in [6.45, 7) is 0. The van der Waals surface area contributed by atoms with Crippen LogP contribution in [0.25, 0.3) is 125 Å². The maximum absolute atomic E-state index is 7.06. The minimum atomic E-state index is 0.635. The van der Waals surface area contributed by atoms with Crippen LogP contribution >= 0.6 is 11.3 Å². The van der Waals surface area contributed by atoms with E-state index in [2.05, 4.69) is 150 Å². The van der Waals surface area contributed by atoms with Crippen LogP contribution in [0.4, 0.5) is 0 Å². The first-order chi connectivity index (χ1) is 27.8. The summed E-state index contributed by atoms with van der Waals surface area (Å²) in [6.07, 6.45) is 0. The van der Waals surface area contributed by atoms with Gasteiger partial charge in [0.2, 0.25) is 5.95 Å². The van der Waals surface area contributed by atoms with Crippen molar-refractivity contribution in [2.24, 2.45) is 0 Å². The van der Waals surface area contributed by atoms with E-state index >= 15 is 0 Å². The molecule has 0 amide bonds. The van der Waals surface area contributed by atoms with Gasteiger partial charge in [0.05, 0.1) is 32.3 Å². The summed E-state index contributed by atoms with van der Waals surface area (Å²) < 4.78 is 17.9. The van der Waals surface area contributed by atoms with Crippen LogP contribution in [0.15, 0.2) is 173 Å². The van der Waals surface area contributed by atoms with Crippen LogP contribution in [0.3, 0.4) is 0 Å². The number of aromatic nitrogens is 3. The maximum Gasteiger partial charge on any atom is 0.235 e.